The normalized spacial score (nSPS) is 10.5. The third-order valence-corrected chi connectivity index (χ3v) is 3.79. The van der Waals surface area contributed by atoms with Crippen LogP contribution in [0.1, 0.15) is 15.9 Å². The van der Waals surface area contributed by atoms with E-state index in [2.05, 4.69) is 20.6 Å². The van der Waals surface area contributed by atoms with Crippen LogP contribution in [0.15, 0.2) is 30.6 Å². The highest BCUT2D eigenvalue weighted by Gasteiger charge is 2.07. The van der Waals surface area contributed by atoms with Gasteiger partial charge in [-0.2, -0.15) is 0 Å². The molecule has 128 valence electrons. The van der Waals surface area contributed by atoms with Gasteiger partial charge >= 0.3 is 0 Å². The van der Waals surface area contributed by atoms with Gasteiger partial charge in [-0.25, -0.2) is 9.97 Å². The number of carbonyl (C=O) groups is 1. The van der Waals surface area contributed by atoms with Gasteiger partial charge in [0.2, 0.25) is 5.95 Å². The van der Waals surface area contributed by atoms with Crippen LogP contribution >= 0.6 is 23.2 Å². The topological polar surface area (TPSA) is 76.1 Å². The number of carbonyl (C=O) groups excluding carboxylic acids is 1. The van der Waals surface area contributed by atoms with Gasteiger partial charge in [-0.3, -0.25) is 4.79 Å². The molecule has 0 aliphatic rings. The average Bonchev–Trinajstić information content (AvgIpc) is 2.57. The molecule has 0 saturated heterocycles. The van der Waals surface area contributed by atoms with Crippen molar-refractivity contribution in [2.75, 3.05) is 32.1 Å². The third-order valence-electron chi connectivity index (χ3n) is 3.20. The zero-order valence-corrected chi connectivity index (χ0v) is 14.7. The number of rotatable bonds is 8. The van der Waals surface area contributed by atoms with Crippen molar-refractivity contribution in [3.05, 3.63) is 51.8 Å². The SMILES string of the molecule is COCCNC(=O)c1cnc(NCCc2ccc(Cl)cc2Cl)nc1. The fourth-order valence-electron chi connectivity index (χ4n) is 1.94. The first-order valence-corrected chi connectivity index (χ1v) is 8.12. The number of methoxy groups -OCH3 is 1. The smallest absolute Gasteiger partial charge is 0.254 e. The Morgan fingerprint density at radius 1 is 1.21 bits per heavy atom. The Bertz CT molecular complexity index is 680. The maximum Gasteiger partial charge on any atom is 0.254 e. The number of aromatic nitrogens is 2. The summed E-state index contributed by atoms with van der Waals surface area (Å²) in [5.41, 5.74) is 1.39. The van der Waals surface area contributed by atoms with Gasteiger partial charge in [-0.05, 0) is 24.1 Å². The summed E-state index contributed by atoms with van der Waals surface area (Å²) >= 11 is 12.0. The maximum atomic E-state index is 11.8. The second kappa shape index (κ2) is 9.42. The zero-order valence-electron chi connectivity index (χ0n) is 13.2. The molecule has 2 rings (SSSR count). The minimum atomic E-state index is -0.230. The Kier molecular flexibility index (Phi) is 7.24. The molecule has 1 aromatic heterocycles. The number of halogens is 2. The van der Waals surface area contributed by atoms with Crippen molar-refractivity contribution < 1.29 is 9.53 Å². The fourth-order valence-corrected chi connectivity index (χ4v) is 2.44. The van der Waals surface area contributed by atoms with Crippen LogP contribution in [0.3, 0.4) is 0 Å². The van der Waals surface area contributed by atoms with Gasteiger partial charge in [0.15, 0.2) is 0 Å². The van der Waals surface area contributed by atoms with Crippen molar-refractivity contribution in [2.45, 2.75) is 6.42 Å². The first kappa shape index (κ1) is 18.4. The van der Waals surface area contributed by atoms with E-state index in [9.17, 15) is 4.79 Å². The first-order valence-electron chi connectivity index (χ1n) is 7.37. The lowest BCUT2D eigenvalue weighted by Crippen LogP contribution is -2.27. The highest BCUT2D eigenvalue weighted by Crippen LogP contribution is 2.21. The van der Waals surface area contributed by atoms with Gasteiger partial charge in [0.05, 0.1) is 12.2 Å². The summed E-state index contributed by atoms with van der Waals surface area (Å²) in [4.78, 5) is 20.1. The summed E-state index contributed by atoms with van der Waals surface area (Å²) in [6, 6.07) is 5.41. The molecule has 8 heteroatoms. The molecule has 1 aromatic carbocycles. The molecule has 6 nitrogen and oxygen atoms in total. The van der Waals surface area contributed by atoms with E-state index in [4.69, 9.17) is 27.9 Å². The van der Waals surface area contributed by atoms with Gasteiger partial charge < -0.3 is 15.4 Å². The van der Waals surface area contributed by atoms with E-state index in [1.165, 1.54) is 12.4 Å². The monoisotopic (exact) mass is 368 g/mol. The van der Waals surface area contributed by atoms with Crippen molar-refractivity contribution in [2.24, 2.45) is 0 Å². The number of benzene rings is 1. The Labute approximate surface area is 150 Å². The van der Waals surface area contributed by atoms with E-state index in [0.717, 1.165) is 5.56 Å². The van der Waals surface area contributed by atoms with E-state index >= 15 is 0 Å². The molecule has 0 bridgehead atoms. The van der Waals surface area contributed by atoms with Gasteiger partial charge in [-0.1, -0.05) is 29.3 Å². The number of nitrogens with zero attached hydrogens (tertiary/aromatic N) is 2. The van der Waals surface area contributed by atoms with Crippen molar-refractivity contribution in [3.8, 4) is 0 Å². The molecule has 0 spiro atoms. The summed E-state index contributed by atoms with van der Waals surface area (Å²) in [6.07, 6.45) is 3.66. The van der Waals surface area contributed by atoms with Crippen LogP contribution in [0.25, 0.3) is 0 Å². The molecule has 0 unspecified atom stereocenters. The molecular formula is C16H18Cl2N4O2. The number of nitrogens with one attached hydrogen (secondary N) is 2. The van der Waals surface area contributed by atoms with Gasteiger partial charge in [-0.15, -0.1) is 0 Å². The molecule has 1 amide bonds. The number of ether oxygens (including phenoxy) is 1. The van der Waals surface area contributed by atoms with Crippen LogP contribution in [0.2, 0.25) is 10.0 Å². The summed E-state index contributed by atoms with van der Waals surface area (Å²) < 4.78 is 4.87. The molecule has 0 fully saturated rings. The van der Waals surface area contributed by atoms with E-state index in [-0.39, 0.29) is 5.91 Å². The molecule has 0 radical (unpaired) electrons. The number of amides is 1. The average molecular weight is 369 g/mol. The highest BCUT2D eigenvalue weighted by atomic mass is 35.5. The molecule has 2 N–H and O–H groups in total. The molecular weight excluding hydrogens is 351 g/mol. The molecule has 2 aromatic rings. The van der Waals surface area contributed by atoms with Crippen LogP contribution < -0.4 is 10.6 Å². The largest absolute Gasteiger partial charge is 0.383 e. The minimum absolute atomic E-state index is 0.230. The Morgan fingerprint density at radius 2 is 1.96 bits per heavy atom. The van der Waals surface area contributed by atoms with Crippen molar-refractivity contribution in [1.29, 1.82) is 0 Å². The van der Waals surface area contributed by atoms with Crippen LogP contribution in [0.4, 0.5) is 5.95 Å². The lowest BCUT2D eigenvalue weighted by atomic mass is 10.1. The zero-order chi connectivity index (χ0) is 17.4. The van der Waals surface area contributed by atoms with Crippen LogP contribution in [-0.4, -0.2) is 42.7 Å². The number of hydrogen-bond acceptors (Lipinski definition) is 5. The molecule has 0 aliphatic heterocycles. The van der Waals surface area contributed by atoms with Crippen molar-refractivity contribution in [3.63, 3.8) is 0 Å². The number of hydrogen-bond donors (Lipinski definition) is 2. The molecule has 0 aliphatic carbocycles. The Hall–Kier alpha value is -1.89. The second-order valence-electron chi connectivity index (χ2n) is 4.96. The van der Waals surface area contributed by atoms with Crippen molar-refractivity contribution in [1.82, 2.24) is 15.3 Å². The maximum absolute atomic E-state index is 11.8. The minimum Gasteiger partial charge on any atom is -0.383 e. The summed E-state index contributed by atoms with van der Waals surface area (Å²) in [5, 5.41) is 7.04. The standard InChI is InChI=1S/C16H18Cl2N4O2/c1-24-7-6-19-15(23)12-9-21-16(22-10-12)20-5-4-11-2-3-13(17)8-14(11)18/h2-3,8-10H,4-7H2,1H3,(H,19,23)(H,20,21,22). The quantitative estimate of drug-likeness (QED) is 0.700. The third kappa shape index (κ3) is 5.63. The fraction of sp³-hybridized carbons (Fsp3) is 0.312. The Morgan fingerprint density at radius 3 is 2.62 bits per heavy atom. The van der Waals surface area contributed by atoms with Crippen LogP contribution in [0, 0.1) is 0 Å². The predicted octanol–water partition coefficient (Wildman–Crippen LogP) is 2.81. The summed E-state index contributed by atoms with van der Waals surface area (Å²) in [5.74, 6) is 0.222. The molecule has 0 saturated carbocycles. The summed E-state index contributed by atoms with van der Waals surface area (Å²) in [6.45, 7) is 1.51. The predicted molar refractivity (Wildman–Crippen MR) is 94.9 cm³/mol. The van der Waals surface area contributed by atoms with Crippen LogP contribution in [-0.2, 0) is 11.2 Å². The van der Waals surface area contributed by atoms with E-state index < -0.39 is 0 Å². The van der Waals surface area contributed by atoms with E-state index in [0.29, 0.717) is 47.7 Å². The van der Waals surface area contributed by atoms with E-state index in [1.807, 2.05) is 6.07 Å². The first-order chi connectivity index (χ1) is 11.6. The molecule has 0 atom stereocenters. The lowest BCUT2D eigenvalue weighted by molar-refractivity contribution is 0.0936. The highest BCUT2D eigenvalue weighted by molar-refractivity contribution is 6.35. The van der Waals surface area contributed by atoms with Gasteiger partial charge in [0.25, 0.3) is 5.91 Å². The molecule has 1 heterocycles. The van der Waals surface area contributed by atoms with Gasteiger partial charge in [0, 0.05) is 42.6 Å². The Balaban J connectivity index is 1.82. The lowest BCUT2D eigenvalue weighted by Gasteiger charge is -2.08. The van der Waals surface area contributed by atoms with E-state index in [1.54, 1.807) is 19.2 Å². The molecule has 24 heavy (non-hydrogen) atoms. The van der Waals surface area contributed by atoms with Crippen molar-refractivity contribution >= 4 is 35.1 Å². The second-order valence-corrected chi connectivity index (χ2v) is 5.80. The number of anilines is 1. The van der Waals surface area contributed by atoms with Gasteiger partial charge in [0.1, 0.15) is 0 Å². The van der Waals surface area contributed by atoms with Crippen LogP contribution in [0.5, 0.6) is 0 Å². The summed E-state index contributed by atoms with van der Waals surface area (Å²) in [7, 11) is 1.58.